The van der Waals surface area contributed by atoms with E-state index in [0.29, 0.717) is 11.5 Å². The summed E-state index contributed by atoms with van der Waals surface area (Å²) in [4.78, 5) is 0. The van der Waals surface area contributed by atoms with Gasteiger partial charge in [0.15, 0.2) is 11.5 Å². The number of allylic oxidation sites excluding steroid dienone is 4. The molecule has 0 aliphatic heterocycles. The van der Waals surface area contributed by atoms with Crippen LogP contribution in [0.4, 0.5) is 4.39 Å². The predicted molar refractivity (Wildman–Crippen MR) is 102 cm³/mol. The largest absolute Gasteiger partial charge is 0.504 e. The Balaban J connectivity index is 0.000000271. The number of halogens is 1. The number of methoxy groups -OCH3 is 1. The molecule has 0 saturated heterocycles. The summed E-state index contributed by atoms with van der Waals surface area (Å²) in [6.45, 7) is 5.46. The van der Waals surface area contributed by atoms with Crippen molar-refractivity contribution in [3.05, 3.63) is 90.3 Å². The van der Waals surface area contributed by atoms with Crippen LogP contribution in [0, 0.1) is 18.2 Å². The van der Waals surface area contributed by atoms with E-state index in [1.165, 1.54) is 19.2 Å². The Kier molecular flexibility index (Phi) is 8.44. The maximum atomic E-state index is 12.6. The number of benzene rings is 2. The van der Waals surface area contributed by atoms with E-state index >= 15 is 0 Å². The number of hydrogen-bond donors (Lipinski definition) is 2. The third-order valence-electron chi connectivity index (χ3n) is 3.07. The molecule has 3 nitrogen and oxygen atoms in total. The highest BCUT2D eigenvalue weighted by Gasteiger charge is 1.97. The molecule has 0 heterocycles. The highest BCUT2D eigenvalue weighted by Crippen LogP contribution is 2.25. The Morgan fingerprint density at radius 2 is 1.84 bits per heavy atom. The molecule has 0 aliphatic rings. The lowest BCUT2D eigenvalue weighted by Crippen LogP contribution is -1.83. The molecule has 0 saturated carbocycles. The van der Waals surface area contributed by atoms with E-state index in [4.69, 9.17) is 15.3 Å². The second-order valence-electron chi connectivity index (χ2n) is 5.11. The Hall–Kier alpha value is -3.14. The lowest BCUT2D eigenvalue weighted by atomic mass is 10.2. The lowest BCUT2D eigenvalue weighted by Gasteiger charge is -2.02. The molecule has 0 bridgehead atoms. The van der Waals surface area contributed by atoms with Gasteiger partial charge in [0.25, 0.3) is 0 Å². The fourth-order valence-electron chi connectivity index (χ4n) is 1.77. The van der Waals surface area contributed by atoms with Crippen LogP contribution in [0.5, 0.6) is 11.5 Å². The van der Waals surface area contributed by atoms with E-state index in [-0.39, 0.29) is 11.6 Å². The van der Waals surface area contributed by atoms with Crippen molar-refractivity contribution >= 4 is 11.8 Å². The molecule has 0 amide bonds. The van der Waals surface area contributed by atoms with Crippen molar-refractivity contribution in [2.24, 2.45) is 0 Å². The molecule has 4 heteroatoms. The van der Waals surface area contributed by atoms with Crippen molar-refractivity contribution in [1.29, 1.82) is 5.41 Å². The number of aryl methyl sites for hydroxylation is 1. The summed E-state index contributed by atoms with van der Waals surface area (Å²) in [6, 6.07) is 11.3. The minimum atomic E-state index is -0.256. The van der Waals surface area contributed by atoms with Crippen LogP contribution < -0.4 is 4.74 Å². The smallest absolute Gasteiger partial charge is 0.160 e. The first kappa shape index (κ1) is 19.9. The number of hydrogen-bond acceptors (Lipinski definition) is 3. The molecule has 0 fully saturated rings. The number of phenolic OH excluding ortho intramolecular Hbond substituents is 1. The molecule has 0 spiro atoms. The minimum Gasteiger partial charge on any atom is -0.504 e. The van der Waals surface area contributed by atoms with E-state index < -0.39 is 0 Å². The van der Waals surface area contributed by atoms with Gasteiger partial charge in [-0.15, -0.1) is 0 Å². The average Bonchev–Trinajstić information content (AvgIpc) is 2.62. The van der Waals surface area contributed by atoms with Gasteiger partial charge in [-0.3, -0.25) is 0 Å². The van der Waals surface area contributed by atoms with Crippen molar-refractivity contribution in [2.75, 3.05) is 7.11 Å². The average molecular weight is 339 g/mol. The zero-order chi connectivity index (χ0) is 18.7. The molecule has 25 heavy (non-hydrogen) atoms. The van der Waals surface area contributed by atoms with Crippen LogP contribution in [-0.2, 0) is 0 Å². The van der Waals surface area contributed by atoms with Gasteiger partial charge in [-0.1, -0.05) is 43.0 Å². The topological polar surface area (TPSA) is 53.3 Å². The molecule has 2 N–H and O–H groups in total. The maximum Gasteiger partial charge on any atom is 0.160 e. The zero-order valence-corrected chi connectivity index (χ0v) is 14.4. The van der Waals surface area contributed by atoms with Gasteiger partial charge < -0.3 is 15.3 Å². The highest BCUT2D eigenvalue weighted by atomic mass is 19.1. The molecule has 0 aliphatic carbocycles. The van der Waals surface area contributed by atoms with Crippen LogP contribution in [0.15, 0.2) is 73.3 Å². The number of phenols is 1. The molecule has 2 aromatic rings. The summed E-state index contributed by atoms with van der Waals surface area (Å²) in [5, 5.41) is 16.6. The number of rotatable bonds is 5. The van der Waals surface area contributed by atoms with Gasteiger partial charge in [-0.2, -0.15) is 0 Å². The normalized spacial score (nSPS) is 10.4. The third-order valence-corrected chi connectivity index (χ3v) is 3.07. The summed E-state index contributed by atoms with van der Waals surface area (Å²) in [7, 11) is 1.54. The van der Waals surface area contributed by atoms with Crippen LogP contribution in [0.1, 0.15) is 11.1 Å². The monoisotopic (exact) mass is 339 g/mol. The fraction of sp³-hybridized carbons (Fsp3) is 0.0952. The Bertz CT molecular complexity index is 762. The number of nitrogens with one attached hydrogen (secondary N) is 1. The van der Waals surface area contributed by atoms with E-state index in [1.807, 2.05) is 13.0 Å². The molecule has 0 atom stereocenters. The van der Waals surface area contributed by atoms with Gasteiger partial charge in [-0.05, 0) is 54.5 Å². The molecule has 2 rings (SSSR count). The second-order valence-corrected chi connectivity index (χ2v) is 5.11. The third kappa shape index (κ3) is 7.79. The summed E-state index contributed by atoms with van der Waals surface area (Å²) in [5.74, 6) is 0.460. The first-order valence-corrected chi connectivity index (χ1v) is 7.61. The van der Waals surface area contributed by atoms with Gasteiger partial charge in [0.2, 0.25) is 0 Å². The lowest BCUT2D eigenvalue weighted by molar-refractivity contribution is 0.373. The van der Waals surface area contributed by atoms with E-state index in [9.17, 15) is 4.39 Å². The first-order chi connectivity index (χ1) is 12.0. The first-order valence-electron chi connectivity index (χ1n) is 7.61. The van der Waals surface area contributed by atoms with Crippen LogP contribution >= 0.6 is 0 Å². The SMILES string of the molecule is C=C/C=C/C(=N)/C=C/c1ccc(F)cc1.COc1cc(C)ccc1O. The molecular formula is C21H22FNO2. The molecule has 130 valence electrons. The summed E-state index contributed by atoms with van der Waals surface area (Å²) in [6.07, 6.45) is 8.34. The van der Waals surface area contributed by atoms with Crippen LogP contribution in [0.25, 0.3) is 6.08 Å². The standard InChI is InChI=1S/C13H12FN.C8H10O2/c1-2-3-4-13(15)10-7-11-5-8-12(14)9-6-11;1-6-3-4-7(9)8(5-6)10-2/h2-10,15H,1H2;3-5,9H,1-2H3/b4-3+,10-7+,15-13?;. The van der Waals surface area contributed by atoms with Gasteiger partial charge >= 0.3 is 0 Å². The van der Waals surface area contributed by atoms with Gasteiger partial charge in [0.05, 0.1) is 12.8 Å². The summed E-state index contributed by atoms with van der Waals surface area (Å²) in [5.41, 5.74) is 2.32. The molecule has 0 aromatic heterocycles. The summed E-state index contributed by atoms with van der Waals surface area (Å²) >= 11 is 0. The van der Waals surface area contributed by atoms with Gasteiger partial charge in [-0.25, -0.2) is 4.39 Å². The zero-order valence-electron chi connectivity index (χ0n) is 14.4. The van der Waals surface area contributed by atoms with E-state index in [2.05, 4.69) is 6.58 Å². The second kappa shape index (κ2) is 10.6. The summed E-state index contributed by atoms with van der Waals surface area (Å²) < 4.78 is 17.4. The van der Waals surface area contributed by atoms with Crippen LogP contribution in [0.2, 0.25) is 0 Å². The van der Waals surface area contributed by atoms with Gasteiger partial charge in [0, 0.05) is 0 Å². The Morgan fingerprint density at radius 3 is 2.40 bits per heavy atom. The molecule has 2 aromatic carbocycles. The highest BCUT2D eigenvalue weighted by molar-refractivity contribution is 6.04. The maximum absolute atomic E-state index is 12.6. The van der Waals surface area contributed by atoms with Crippen molar-refractivity contribution in [3.63, 3.8) is 0 Å². The van der Waals surface area contributed by atoms with Crippen LogP contribution in [0.3, 0.4) is 0 Å². The number of aromatic hydroxyl groups is 1. The fourth-order valence-corrected chi connectivity index (χ4v) is 1.77. The molecule has 0 unspecified atom stereocenters. The van der Waals surface area contributed by atoms with E-state index in [1.54, 1.807) is 54.6 Å². The van der Waals surface area contributed by atoms with Crippen molar-refractivity contribution in [2.45, 2.75) is 6.92 Å². The van der Waals surface area contributed by atoms with Gasteiger partial charge in [0.1, 0.15) is 5.82 Å². The van der Waals surface area contributed by atoms with Crippen molar-refractivity contribution in [1.82, 2.24) is 0 Å². The van der Waals surface area contributed by atoms with E-state index in [0.717, 1.165) is 11.1 Å². The minimum absolute atomic E-state index is 0.188. The quantitative estimate of drug-likeness (QED) is 0.573. The number of ether oxygens (including phenoxy) is 1. The van der Waals surface area contributed by atoms with Crippen molar-refractivity contribution in [3.8, 4) is 11.5 Å². The predicted octanol–water partition coefficient (Wildman–Crippen LogP) is 5.31. The van der Waals surface area contributed by atoms with Crippen molar-refractivity contribution < 1.29 is 14.2 Å². The Labute approximate surface area is 147 Å². The molecular weight excluding hydrogens is 317 g/mol. The Morgan fingerprint density at radius 1 is 1.16 bits per heavy atom. The van der Waals surface area contributed by atoms with Crippen LogP contribution in [-0.4, -0.2) is 17.9 Å². The molecule has 0 radical (unpaired) electrons.